The summed E-state index contributed by atoms with van der Waals surface area (Å²) in [6, 6.07) is 0. The van der Waals surface area contributed by atoms with Crippen LogP contribution in [0.5, 0.6) is 0 Å². The predicted molar refractivity (Wildman–Crippen MR) is 50.7 cm³/mol. The lowest BCUT2D eigenvalue weighted by Gasteiger charge is -2.06. The van der Waals surface area contributed by atoms with Crippen molar-refractivity contribution in [2.75, 3.05) is 5.75 Å². The molecule has 0 amide bonds. The van der Waals surface area contributed by atoms with Gasteiger partial charge in [0.2, 0.25) is 0 Å². The van der Waals surface area contributed by atoms with Gasteiger partial charge in [-0.25, -0.2) is 0 Å². The number of rotatable bonds is 4. The highest BCUT2D eigenvalue weighted by atomic mass is 32.2. The highest BCUT2D eigenvalue weighted by Gasteiger charge is 2.49. The van der Waals surface area contributed by atoms with Gasteiger partial charge in [-0.15, -0.1) is 0 Å². The molecular weight excluding hydrogens is 172 g/mol. The van der Waals surface area contributed by atoms with Crippen molar-refractivity contribution >= 4 is 18.0 Å². The van der Waals surface area contributed by atoms with Gasteiger partial charge in [0.15, 0.2) is 0 Å². The van der Waals surface area contributed by atoms with Gasteiger partial charge < -0.3 is 4.18 Å². The summed E-state index contributed by atoms with van der Waals surface area (Å²) in [5.41, 5.74) is -0.253. The first-order chi connectivity index (χ1) is 5.75. The van der Waals surface area contributed by atoms with Crippen LogP contribution in [0.4, 0.5) is 0 Å². The summed E-state index contributed by atoms with van der Waals surface area (Å²) in [5, 5.41) is 0. The smallest absolute Gasteiger partial charge is 0.327 e. The third kappa shape index (κ3) is 2.03. The van der Waals surface area contributed by atoms with E-state index < -0.39 is 0 Å². The Hall–Kier alpha value is -0.440. The maximum absolute atomic E-state index is 11.4. The number of allylic oxidation sites excluding steroid dienone is 1. The Balaban J connectivity index is 2.41. The lowest BCUT2D eigenvalue weighted by atomic mass is 10.1. The molecule has 1 fully saturated rings. The molecule has 2 nitrogen and oxygen atoms in total. The standard InChI is InChI=1S/C9H14O2S/c1-3-5-9(6-7-9)8(10)11-12-4-2/h3,5H,4,6-7H2,1-2H3. The van der Waals surface area contributed by atoms with E-state index in [1.165, 1.54) is 12.0 Å². The molecule has 0 N–H and O–H groups in total. The van der Waals surface area contributed by atoms with E-state index in [0.29, 0.717) is 0 Å². The monoisotopic (exact) mass is 186 g/mol. The van der Waals surface area contributed by atoms with Crippen molar-refractivity contribution in [3.05, 3.63) is 12.2 Å². The van der Waals surface area contributed by atoms with Crippen LogP contribution in [0.15, 0.2) is 12.2 Å². The Morgan fingerprint density at radius 3 is 2.75 bits per heavy atom. The van der Waals surface area contributed by atoms with Gasteiger partial charge in [-0.1, -0.05) is 19.1 Å². The van der Waals surface area contributed by atoms with E-state index in [1.807, 2.05) is 26.0 Å². The fourth-order valence-electron chi connectivity index (χ4n) is 1.09. The van der Waals surface area contributed by atoms with Crippen molar-refractivity contribution in [2.45, 2.75) is 26.7 Å². The SMILES string of the molecule is CC=CC1(C(=O)OSCC)CC1. The lowest BCUT2D eigenvalue weighted by molar-refractivity contribution is -0.137. The van der Waals surface area contributed by atoms with Crippen molar-refractivity contribution in [1.29, 1.82) is 0 Å². The molecule has 0 radical (unpaired) electrons. The third-order valence-corrected chi connectivity index (χ3v) is 2.44. The minimum atomic E-state index is -0.253. The summed E-state index contributed by atoms with van der Waals surface area (Å²) in [6.45, 7) is 3.90. The minimum absolute atomic E-state index is 0.0764. The molecule has 68 valence electrons. The third-order valence-electron chi connectivity index (χ3n) is 1.93. The number of hydrogen-bond acceptors (Lipinski definition) is 3. The second kappa shape index (κ2) is 3.99. The van der Waals surface area contributed by atoms with Crippen LogP contribution in [-0.2, 0) is 8.98 Å². The lowest BCUT2D eigenvalue weighted by Crippen LogP contribution is -2.13. The molecule has 1 rings (SSSR count). The van der Waals surface area contributed by atoms with E-state index >= 15 is 0 Å². The molecule has 12 heavy (non-hydrogen) atoms. The first-order valence-corrected chi connectivity index (χ1v) is 5.14. The van der Waals surface area contributed by atoms with Crippen LogP contribution < -0.4 is 0 Å². The molecule has 0 aliphatic heterocycles. The topological polar surface area (TPSA) is 26.3 Å². The van der Waals surface area contributed by atoms with Crippen molar-refractivity contribution in [1.82, 2.24) is 0 Å². The molecule has 0 bridgehead atoms. The molecule has 1 aliphatic carbocycles. The van der Waals surface area contributed by atoms with Crippen LogP contribution in [0.3, 0.4) is 0 Å². The van der Waals surface area contributed by atoms with Gasteiger partial charge >= 0.3 is 5.97 Å². The normalized spacial score (nSPS) is 19.5. The van der Waals surface area contributed by atoms with Crippen molar-refractivity contribution < 1.29 is 8.98 Å². The van der Waals surface area contributed by atoms with Crippen LogP contribution in [-0.4, -0.2) is 11.7 Å². The van der Waals surface area contributed by atoms with E-state index in [-0.39, 0.29) is 11.4 Å². The van der Waals surface area contributed by atoms with Gasteiger partial charge in [0.1, 0.15) is 0 Å². The zero-order valence-electron chi connectivity index (χ0n) is 7.50. The Bertz CT molecular complexity index is 195. The molecule has 0 unspecified atom stereocenters. The van der Waals surface area contributed by atoms with Gasteiger partial charge in [0.05, 0.1) is 17.5 Å². The Labute approximate surface area is 77.6 Å². The average molecular weight is 186 g/mol. The van der Waals surface area contributed by atoms with Crippen molar-refractivity contribution in [3.63, 3.8) is 0 Å². The van der Waals surface area contributed by atoms with Crippen LogP contribution in [0.25, 0.3) is 0 Å². The number of carbonyl (C=O) groups excluding carboxylic acids is 1. The Kier molecular flexibility index (Phi) is 3.20. The Morgan fingerprint density at radius 2 is 2.33 bits per heavy atom. The summed E-state index contributed by atoms with van der Waals surface area (Å²) in [6.07, 6.45) is 5.76. The van der Waals surface area contributed by atoms with E-state index in [0.717, 1.165) is 18.6 Å². The van der Waals surface area contributed by atoms with E-state index in [4.69, 9.17) is 4.18 Å². The maximum atomic E-state index is 11.4. The minimum Gasteiger partial charge on any atom is -0.391 e. The summed E-state index contributed by atoms with van der Waals surface area (Å²) >= 11 is 1.23. The first-order valence-electron chi connectivity index (χ1n) is 4.23. The summed E-state index contributed by atoms with van der Waals surface area (Å²) < 4.78 is 5.00. The molecular formula is C9H14O2S. The van der Waals surface area contributed by atoms with Gasteiger partial charge in [0.25, 0.3) is 0 Å². The average Bonchev–Trinajstić information content (AvgIpc) is 2.82. The summed E-state index contributed by atoms with van der Waals surface area (Å²) in [4.78, 5) is 11.4. The van der Waals surface area contributed by atoms with E-state index in [9.17, 15) is 4.79 Å². The largest absolute Gasteiger partial charge is 0.391 e. The highest BCUT2D eigenvalue weighted by Crippen LogP contribution is 2.48. The van der Waals surface area contributed by atoms with Crippen LogP contribution >= 0.6 is 12.0 Å². The zero-order valence-corrected chi connectivity index (χ0v) is 8.32. The number of hydrogen-bond donors (Lipinski definition) is 0. The van der Waals surface area contributed by atoms with Crippen LogP contribution in [0, 0.1) is 5.41 Å². The van der Waals surface area contributed by atoms with Gasteiger partial charge in [0, 0.05) is 5.75 Å². The predicted octanol–water partition coefficient (Wildman–Crippen LogP) is 2.55. The molecule has 0 aromatic rings. The molecule has 1 saturated carbocycles. The molecule has 1 aliphatic rings. The molecule has 0 saturated heterocycles. The van der Waals surface area contributed by atoms with Gasteiger partial charge in [-0.05, 0) is 19.8 Å². The van der Waals surface area contributed by atoms with Crippen molar-refractivity contribution in [2.24, 2.45) is 5.41 Å². The fourth-order valence-corrected chi connectivity index (χ4v) is 1.48. The zero-order chi connectivity index (χ0) is 9.03. The maximum Gasteiger partial charge on any atom is 0.327 e. The highest BCUT2D eigenvalue weighted by molar-refractivity contribution is 7.95. The van der Waals surface area contributed by atoms with E-state index in [1.54, 1.807) is 0 Å². The molecule has 0 atom stereocenters. The number of carbonyl (C=O) groups is 1. The quantitative estimate of drug-likeness (QED) is 0.498. The Morgan fingerprint density at radius 1 is 1.67 bits per heavy atom. The molecule has 3 heteroatoms. The summed E-state index contributed by atoms with van der Waals surface area (Å²) in [7, 11) is 0. The summed E-state index contributed by atoms with van der Waals surface area (Å²) in [5.74, 6) is 0.741. The second-order valence-electron chi connectivity index (χ2n) is 2.93. The van der Waals surface area contributed by atoms with Gasteiger partial charge in [-0.3, -0.25) is 4.79 Å². The second-order valence-corrected chi connectivity index (χ2v) is 3.91. The van der Waals surface area contributed by atoms with Gasteiger partial charge in [-0.2, -0.15) is 0 Å². The van der Waals surface area contributed by atoms with Crippen LogP contribution in [0.1, 0.15) is 26.7 Å². The fraction of sp³-hybridized carbons (Fsp3) is 0.667. The molecule has 0 aromatic heterocycles. The molecule has 0 heterocycles. The van der Waals surface area contributed by atoms with Crippen molar-refractivity contribution in [3.8, 4) is 0 Å². The van der Waals surface area contributed by atoms with Crippen LogP contribution in [0.2, 0.25) is 0 Å². The first kappa shape index (κ1) is 9.65. The molecule has 0 spiro atoms. The molecule has 0 aromatic carbocycles. The van der Waals surface area contributed by atoms with E-state index in [2.05, 4.69) is 0 Å².